The standard InChI is InChI=1S/C13H26N2O3/c1-14-7-5-3-4-6-13(17)15-9-12(16)8-11(15)10-18-2/h11-12,14,16H,3-10H2,1-2H3/t11-,12+/m0/s1. The number of rotatable bonds is 8. The predicted octanol–water partition coefficient (Wildman–Crippen LogP) is 0.374. The summed E-state index contributed by atoms with van der Waals surface area (Å²) in [5.41, 5.74) is 0. The summed E-state index contributed by atoms with van der Waals surface area (Å²) in [7, 11) is 3.57. The molecular formula is C13H26N2O3. The number of hydrogen-bond acceptors (Lipinski definition) is 4. The Labute approximate surface area is 109 Å². The van der Waals surface area contributed by atoms with E-state index in [1.165, 1.54) is 0 Å². The number of nitrogens with zero attached hydrogens (tertiary/aromatic N) is 1. The molecule has 1 saturated heterocycles. The molecule has 0 aromatic heterocycles. The molecule has 106 valence electrons. The topological polar surface area (TPSA) is 61.8 Å². The van der Waals surface area contributed by atoms with Gasteiger partial charge in [-0.1, -0.05) is 6.42 Å². The third-order valence-electron chi connectivity index (χ3n) is 3.39. The van der Waals surface area contributed by atoms with Crippen LogP contribution in [0.1, 0.15) is 32.1 Å². The maximum Gasteiger partial charge on any atom is 0.222 e. The van der Waals surface area contributed by atoms with E-state index in [0.717, 1.165) is 25.8 Å². The summed E-state index contributed by atoms with van der Waals surface area (Å²) >= 11 is 0. The van der Waals surface area contributed by atoms with Gasteiger partial charge in [-0.3, -0.25) is 4.79 Å². The summed E-state index contributed by atoms with van der Waals surface area (Å²) in [4.78, 5) is 13.8. The van der Waals surface area contributed by atoms with Gasteiger partial charge in [-0.15, -0.1) is 0 Å². The van der Waals surface area contributed by atoms with Gasteiger partial charge < -0.3 is 20.1 Å². The average Bonchev–Trinajstić information content (AvgIpc) is 2.70. The number of carbonyl (C=O) groups is 1. The van der Waals surface area contributed by atoms with Crippen molar-refractivity contribution < 1.29 is 14.6 Å². The van der Waals surface area contributed by atoms with Gasteiger partial charge in [-0.25, -0.2) is 0 Å². The fourth-order valence-electron chi connectivity index (χ4n) is 2.45. The highest BCUT2D eigenvalue weighted by Gasteiger charge is 2.33. The quantitative estimate of drug-likeness (QED) is 0.618. The van der Waals surface area contributed by atoms with Gasteiger partial charge in [0.15, 0.2) is 0 Å². The molecule has 0 aromatic carbocycles. The van der Waals surface area contributed by atoms with Crippen LogP contribution >= 0.6 is 0 Å². The first-order valence-electron chi connectivity index (χ1n) is 6.80. The first-order chi connectivity index (χ1) is 8.69. The Morgan fingerprint density at radius 1 is 1.44 bits per heavy atom. The molecule has 0 aromatic rings. The van der Waals surface area contributed by atoms with E-state index in [-0.39, 0.29) is 11.9 Å². The van der Waals surface area contributed by atoms with Gasteiger partial charge in [0.25, 0.3) is 0 Å². The average molecular weight is 258 g/mol. The number of carbonyl (C=O) groups excluding carboxylic acids is 1. The van der Waals surface area contributed by atoms with E-state index in [2.05, 4.69) is 5.32 Å². The number of amides is 1. The molecule has 0 radical (unpaired) electrons. The number of ether oxygens (including phenoxy) is 1. The van der Waals surface area contributed by atoms with Crippen LogP contribution in [0.5, 0.6) is 0 Å². The van der Waals surface area contributed by atoms with Crippen LogP contribution in [0.25, 0.3) is 0 Å². The molecule has 2 atom stereocenters. The molecule has 5 nitrogen and oxygen atoms in total. The minimum absolute atomic E-state index is 0.0507. The van der Waals surface area contributed by atoms with E-state index in [9.17, 15) is 9.90 Å². The minimum atomic E-state index is -0.390. The van der Waals surface area contributed by atoms with Crippen molar-refractivity contribution in [3.63, 3.8) is 0 Å². The van der Waals surface area contributed by atoms with Crippen LogP contribution in [0.3, 0.4) is 0 Å². The molecule has 1 amide bonds. The zero-order chi connectivity index (χ0) is 13.4. The second-order valence-electron chi connectivity index (χ2n) is 4.96. The van der Waals surface area contributed by atoms with Gasteiger partial charge in [-0.2, -0.15) is 0 Å². The summed E-state index contributed by atoms with van der Waals surface area (Å²) in [6, 6.07) is 0.0507. The summed E-state index contributed by atoms with van der Waals surface area (Å²) in [5.74, 6) is 0.151. The Kier molecular flexibility index (Phi) is 7.23. The number of aliphatic hydroxyl groups is 1. The fourth-order valence-corrected chi connectivity index (χ4v) is 2.45. The first kappa shape index (κ1) is 15.4. The zero-order valence-corrected chi connectivity index (χ0v) is 11.5. The summed E-state index contributed by atoms with van der Waals surface area (Å²) in [5, 5.41) is 12.7. The Bertz CT molecular complexity index is 248. The van der Waals surface area contributed by atoms with Gasteiger partial charge in [0.1, 0.15) is 0 Å². The lowest BCUT2D eigenvalue weighted by molar-refractivity contribution is -0.133. The molecule has 1 rings (SSSR count). The van der Waals surface area contributed by atoms with Gasteiger partial charge >= 0.3 is 0 Å². The van der Waals surface area contributed by atoms with Crippen molar-refractivity contribution in [3.8, 4) is 0 Å². The number of methoxy groups -OCH3 is 1. The highest BCUT2D eigenvalue weighted by molar-refractivity contribution is 5.76. The maximum absolute atomic E-state index is 12.1. The molecular weight excluding hydrogens is 232 g/mol. The summed E-state index contributed by atoms with van der Waals surface area (Å²) < 4.78 is 5.10. The molecule has 0 aliphatic carbocycles. The van der Waals surface area contributed by atoms with Crippen LogP contribution in [0.15, 0.2) is 0 Å². The van der Waals surface area contributed by atoms with E-state index in [1.54, 1.807) is 12.0 Å². The Morgan fingerprint density at radius 3 is 2.89 bits per heavy atom. The zero-order valence-electron chi connectivity index (χ0n) is 11.5. The van der Waals surface area contributed by atoms with Gasteiger partial charge in [0, 0.05) is 20.1 Å². The molecule has 18 heavy (non-hydrogen) atoms. The SMILES string of the molecule is CNCCCCCC(=O)N1C[C@H](O)C[C@H]1COC. The maximum atomic E-state index is 12.1. The van der Waals surface area contributed by atoms with Crippen molar-refractivity contribution in [3.05, 3.63) is 0 Å². The number of aliphatic hydroxyl groups excluding tert-OH is 1. The van der Waals surface area contributed by atoms with Gasteiger partial charge in [0.05, 0.1) is 18.8 Å². The molecule has 1 fully saturated rings. The second kappa shape index (κ2) is 8.45. The van der Waals surface area contributed by atoms with E-state index >= 15 is 0 Å². The highest BCUT2D eigenvalue weighted by Crippen LogP contribution is 2.19. The Morgan fingerprint density at radius 2 is 2.22 bits per heavy atom. The molecule has 5 heteroatoms. The third kappa shape index (κ3) is 4.92. The number of unbranched alkanes of at least 4 members (excludes halogenated alkanes) is 2. The van der Waals surface area contributed by atoms with Crippen molar-refractivity contribution >= 4 is 5.91 Å². The van der Waals surface area contributed by atoms with E-state index in [0.29, 0.717) is 26.0 Å². The number of β-amino-alcohol motifs (C(OH)–C–C–N with tert-alkyl or cyclic N) is 1. The van der Waals surface area contributed by atoms with E-state index in [4.69, 9.17) is 4.74 Å². The van der Waals surface area contributed by atoms with Crippen molar-refractivity contribution in [1.29, 1.82) is 0 Å². The van der Waals surface area contributed by atoms with E-state index in [1.807, 2.05) is 7.05 Å². The van der Waals surface area contributed by atoms with Crippen LogP contribution in [0, 0.1) is 0 Å². The molecule has 2 N–H and O–H groups in total. The lowest BCUT2D eigenvalue weighted by Crippen LogP contribution is -2.38. The second-order valence-corrected chi connectivity index (χ2v) is 4.96. The van der Waals surface area contributed by atoms with Crippen molar-refractivity contribution in [2.75, 3.05) is 33.9 Å². The smallest absolute Gasteiger partial charge is 0.222 e. The minimum Gasteiger partial charge on any atom is -0.391 e. The number of hydrogen-bond donors (Lipinski definition) is 2. The monoisotopic (exact) mass is 258 g/mol. The molecule has 0 bridgehead atoms. The lowest BCUT2D eigenvalue weighted by Gasteiger charge is -2.23. The van der Waals surface area contributed by atoms with Gasteiger partial charge in [0.2, 0.25) is 5.91 Å². The lowest BCUT2D eigenvalue weighted by atomic mass is 10.1. The molecule has 1 heterocycles. The number of likely N-dealkylation sites (tertiary alicyclic amines) is 1. The van der Waals surface area contributed by atoms with Crippen LogP contribution in [0.4, 0.5) is 0 Å². The van der Waals surface area contributed by atoms with Crippen LogP contribution in [-0.4, -0.2) is 61.9 Å². The normalized spacial score (nSPS) is 23.6. The molecule has 1 aliphatic rings. The molecule has 0 spiro atoms. The number of nitrogens with one attached hydrogen (secondary N) is 1. The molecule has 0 unspecified atom stereocenters. The highest BCUT2D eigenvalue weighted by atomic mass is 16.5. The van der Waals surface area contributed by atoms with Crippen LogP contribution in [-0.2, 0) is 9.53 Å². The van der Waals surface area contributed by atoms with Gasteiger partial charge in [-0.05, 0) is 32.9 Å². The summed E-state index contributed by atoms with van der Waals surface area (Å²) in [6.45, 7) is 1.98. The Hall–Kier alpha value is -0.650. The molecule has 0 saturated carbocycles. The van der Waals surface area contributed by atoms with Crippen LogP contribution < -0.4 is 5.32 Å². The third-order valence-corrected chi connectivity index (χ3v) is 3.39. The van der Waals surface area contributed by atoms with Crippen molar-refractivity contribution in [1.82, 2.24) is 10.2 Å². The predicted molar refractivity (Wildman–Crippen MR) is 70.4 cm³/mol. The Balaban J connectivity index is 2.26. The fraction of sp³-hybridized carbons (Fsp3) is 0.923. The van der Waals surface area contributed by atoms with E-state index < -0.39 is 6.10 Å². The summed E-state index contributed by atoms with van der Waals surface area (Å²) in [6.07, 6.45) is 3.92. The molecule has 1 aliphatic heterocycles. The largest absolute Gasteiger partial charge is 0.391 e. The van der Waals surface area contributed by atoms with Crippen LogP contribution in [0.2, 0.25) is 0 Å². The first-order valence-corrected chi connectivity index (χ1v) is 6.80. The van der Waals surface area contributed by atoms with Crippen molar-refractivity contribution in [2.24, 2.45) is 0 Å². The van der Waals surface area contributed by atoms with Crippen molar-refractivity contribution in [2.45, 2.75) is 44.2 Å².